The molecule has 0 atom stereocenters. The van der Waals surface area contributed by atoms with Crippen LogP contribution in [0.25, 0.3) is 0 Å². The Hall–Kier alpha value is -0.910. The molecule has 0 radical (unpaired) electrons. The van der Waals surface area contributed by atoms with Gasteiger partial charge in [-0.05, 0) is 15.9 Å². The summed E-state index contributed by atoms with van der Waals surface area (Å²) < 4.78 is 6.34. The summed E-state index contributed by atoms with van der Waals surface area (Å²) in [7, 11) is 1.33. The molecule has 1 aromatic heterocycles. The van der Waals surface area contributed by atoms with Crippen molar-refractivity contribution in [2.75, 3.05) is 7.11 Å². The third-order valence-corrected chi connectivity index (χ3v) is 1.69. The first-order valence-electron chi connectivity index (χ1n) is 2.84. The van der Waals surface area contributed by atoms with E-state index in [2.05, 4.69) is 30.7 Å². The molecule has 1 rings (SSSR count). The monoisotopic (exact) mass is 219 g/mol. The Morgan fingerprint density at radius 3 is 3.09 bits per heavy atom. The highest BCUT2D eigenvalue weighted by molar-refractivity contribution is 9.10. The predicted molar refractivity (Wildman–Crippen MR) is 39.7 cm³/mol. The van der Waals surface area contributed by atoms with Gasteiger partial charge >= 0.3 is 5.97 Å². The number of hydrogen-bond donors (Lipinski definition) is 0. The van der Waals surface area contributed by atoms with E-state index in [0.717, 1.165) is 0 Å². The van der Waals surface area contributed by atoms with Crippen molar-refractivity contribution >= 4 is 21.9 Å². The van der Waals surface area contributed by atoms with Crippen LogP contribution in [0.1, 0.15) is 0 Å². The lowest BCUT2D eigenvalue weighted by Crippen LogP contribution is -2.12. The van der Waals surface area contributed by atoms with Crippen molar-refractivity contribution in [1.82, 2.24) is 14.8 Å². The SMILES string of the molecule is COC(=O)Cn1ncnc1Br. The molecule has 5 nitrogen and oxygen atoms in total. The Morgan fingerprint density at radius 2 is 2.64 bits per heavy atom. The molecule has 0 bridgehead atoms. The maximum absolute atomic E-state index is 10.7. The van der Waals surface area contributed by atoms with Crippen LogP contribution in [-0.2, 0) is 16.1 Å². The molecule has 0 saturated heterocycles. The summed E-state index contributed by atoms with van der Waals surface area (Å²) in [4.78, 5) is 14.5. The fourth-order valence-corrected chi connectivity index (χ4v) is 0.851. The van der Waals surface area contributed by atoms with Crippen molar-refractivity contribution in [3.63, 3.8) is 0 Å². The quantitative estimate of drug-likeness (QED) is 0.668. The molecule has 0 unspecified atom stereocenters. The van der Waals surface area contributed by atoms with E-state index in [1.54, 1.807) is 0 Å². The normalized spacial score (nSPS) is 9.64. The lowest BCUT2D eigenvalue weighted by Gasteiger charge is -1.98. The van der Waals surface area contributed by atoms with Gasteiger partial charge in [-0.25, -0.2) is 9.67 Å². The molecule has 0 aliphatic carbocycles. The Kier molecular flexibility index (Phi) is 2.58. The molecule has 0 spiro atoms. The molecule has 1 aromatic rings. The van der Waals surface area contributed by atoms with Crippen LogP contribution in [0.15, 0.2) is 11.1 Å². The van der Waals surface area contributed by atoms with Gasteiger partial charge in [0.15, 0.2) is 4.73 Å². The predicted octanol–water partition coefficient (Wildman–Crippen LogP) is 0.214. The van der Waals surface area contributed by atoms with E-state index in [9.17, 15) is 4.79 Å². The Bertz CT molecular complexity index is 260. The highest BCUT2D eigenvalue weighted by atomic mass is 79.9. The molecule has 0 aromatic carbocycles. The van der Waals surface area contributed by atoms with Gasteiger partial charge in [-0.3, -0.25) is 4.79 Å². The molecule has 0 amide bonds. The fourth-order valence-electron chi connectivity index (χ4n) is 0.543. The summed E-state index contributed by atoms with van der Waals surface area (Å²) in [6.07, 6.45) is 1.35. The highest BCUT2D eigenvalue weighted by Crippen LogP contribution is 2.02. The maximum atomic E-state index is 10.7. The molecule has 60 valence electrons. The van der Waals surface area contributed by atoms with Gasteiger partial charge < -0.3 is 4.74 Å². The van der Waals surface area contributed by atoms with Crippen LogP contribution >= 0.6 is 15.9 Å². The van der Waals surface area contributed by atoms with Gasteiger partial charge in [0.2, 0.25) is 0 Å². The van der Waals surface area contributed by atoms with Crippen molar-refractivity contribution in [2.45, 2.75) is 6.54 Å². The highest BCUT2D eigenvalue weighted by Gasteiger charge is 2.05. The summed E-state index contributed by atoms with van der Waals surface area (Å²) in [5, 5.41) is 3.76. The number of rotatable bonds is 2. The number of methoxy groups -OCH3 is 1. The molecular weight excluding hydrogens is 214 g/mol. The summed E-state index contributed by atoms with van der Waals surface area (Å²) in [5.41, 5.74) is 0. The van der Waals surface area contributed by atoms with Gasteiger partial charge in [0.25, 0.3) is 0 Å². The average molecular weight is 220 g/mol. The van der Waals surface area contributed by atoms with Crippen molar-refractivity contribution in [1.29, 1.82) is 0 Å². The molecule has 0 fully saturated rings. The minimum atomic E-state index is -0.351. The first kappa shape index (κ1) is 8.19. The second-order valence-electron chi connectivity index (χ2n) is 1.76. The number of ether oxygens (including phenoxy) is 1. The van der Waals surface area contributed by atoms with Crippen LogP contribution in [0.4, 0.5) is 0 Å². The first-order valence-corrected chi connectivity index (χ1v) is 3.63. The van der Waals surface area contributed by atoms with Crippen LogP contribution in [0.2, 0.25) is 0 Å². The largest absolute Gasteiger partial charge is 0.468 e. The topological polar surface area (TPSA) is 57.0 Å². The first-order chi connectivity index (χ1) is 5.24. The number of hydrogen-bond acceptors (Lipinski definition) is 4. The van der Waals surface area contributed by atoms with E-state index in [4.69, 9.17) is 0 Å². The molecular formula is C5H6BrN3O2. The molecule has 0 saturated carbocycles. The van der Waals surface area contributed by atoms with Crippen LogP contribution in [0.3, 0.4) is 0 Å². The van der Waals surface area contributed by atoms with Gasteiger partial charge in [-0.2, -0.15) is 5.10 Å². The average Bonchev–Trinajstić information content (AvgIpc) is 2.37. The van der Waals surface area contributed by atoms with Gasteiger partial charge in [-0.15, -0.1) is 0 Å². The summed E-state index contributed by atoms with van der Waals surface area (Å²) in [5.74, 6) is -0.351. The van der Waals surface area contributed by atoms with Crippen molar-refractivity contribution in [3.8, 4) is 0 Å². The van der Waals surface area contributed by atoms with E-state index in [0.29, 0.717) is 4.73 Å². The van der Waals surface area contributed by atoms with E-state index < -0.39 is 0 Å². The number of esters is 1. The van der Waals surface area contributed by atoms with Gasteiger partial charge in [0.05, 0.1) is 7.11 Å². The van der Waals surface area contributed by atoms with E-state index in [1.165, 1.54) is 18.1 Å². The lowest BCUT2D eigenvalue weighted by molar-refractivity contribution is -0.141. The molecule has 6 heteroatoms. The van der Waals surface area contributed by atoms with Gasteiger partial charge in [0.1, 0.15) is 12.9 Å². The zero-order chi connectivity index (χ0) is 8.27. The Balaban J connectivity index is 2.64. The Labute approximate surface area is 71.5 Å². The van der Waals surface area contributed by atoms with Crippen LogP contribution in [-0.4, -0.2) is 27.8 Å². The smallest absolute Gasteiger partial charge is 0.327 e. The number of nitrogens with zero attached hydrogens (tertiary/aromatic N) is 3. The van der Waals surface area contributed by atoms with Crippen molar-refractivity contribution < 1.29 is 9.53 Å². The van der Waals surface area contributed by atoms with Gasteiger partial charge in [0, 0.05) is 0 Å². The molecule has 0 N–H and O–H groups in total. The molecule has 0 aliphatic heterocycles. The number of carbonyl (C=O) groups is 1. The van der Waals surface area contributed by atoms with Crippen LogP contribution < -0.4 is 0 Å². The fraction of sp³-hybridized carbons (Fsp3) is 0.400. The van der Waals surface area contributed by atoms with Crippen molar-refractivity contribution in [3.05, 3.63) is 11.1 Å². The van der Waals surface area contributed by atoms with Crippen LogP contribution in [0.5, 0.6) is 0 Å². The molecule has 0 aliphatic rings. The van der Waals surface area contributed by atoms with Crippen molar-refractivity contribution in [2.24, 2.45) is 0 Å². The standard InChI is InChI=1S/C5H6BrN3O2/c1-11-4(10)2-9-5(6)7-3-8-9/h3H,2H2,1H3. The zero-order valence-corrected chi connectivity index (χ0v) is 7.41. The third kappa shape index (κ3) is 2.01. The molecule has 11 heavy (non-hydrogen) atoms. The number of halogens is 1. The maximum Gasteiger partial charge on any atom is 0.327 e. The Morgan fingerprint density at radius 1 is 1.91 bits per heavy atom. The van der Waals surface area contributed by atoms with E-state index >= 15 is 0 Å². The summed E-state index contributed by atoms with van der Waals surface area (Å²) in [6.45, 7) is 0.0804. The molecule has 1 heterocycles. The minimum Gasteiger partial charge on any atom is -0.468 e. The second kappa shape index (κ2) is 3.47. The minimum absolute atomic E-state index is 0.0804. The van der Waals surface area contributed by atoms with Crippen LogP contribution in [0, 0.1) is 0 Å². The summed E-state index contributed by atoms with van der Waals surface area (Å²) in [6, 6.07) is 0. The second-order valence-corrected chi connectivity index (χ2v) is 2.47. The number of carbonyl (C=O) groups excluding carboxylic acids is 1. The zero-order valence-electron chi connectivity index (χ0n) is 5.82. The van der Waals surface area contributed by atoms with E-state index in [1.807, 2.05) is 0 Å². The summed E-state index contributed by atoms with van der Waals surface area (Å²) >= 11 is 3.11. The third-order valence-electron chi connectivity index (χ3n) is 1.07. The lowest BCUT2D eigenvalue weighted by atomic mass is 10.7. The van der Waals surface area contributed by atoms with Gasteiger partial charge in [-0.1, -0.05) is 0 Å². The van der Waals surface area contributed by atoms with E-state index in [-0.39, 0.29) is 12.5 Å². The number of aromatic nitrogens is 3.